The monoisotopic (exact) mass is 373 g/mol. The van der Waals surface area contributed by atoms with Crippen LogP contribution in [-0.4, -0.2) is 54.7 Å². The lowest BCUT2D eigenvalue weighted by molar-refractivity contribution is -0.133. The van der Waals surface area contributed by atoms with Gasteiger partial charge in [-0.15, -0.1) is 0 Å². The van der Waals surface area contributed by atoms with E-state index in [9.17, 15) is 18.0 Å². The van der Waals surface area contributed by atoms with Crippen molar-refractivity contribution in [3.63, 3.8) is 0 Å². The Bertz CT molecular complexity index is 754. The molecule has 0 unspecified atom stereocenters. The molecule has 0 aromatic carbocycles. The van der Waals surface area contributed by atoms with Crippen LogP contribution < -0.4 is 4.87 Å². The fourth-order valence-corrected chi connectivity index (χ4v) is 6.38. The average Bonchev–Trinajstić information content (AvgIpc) is 3.17. The third-order valence-corrected chi connectivity index (χ3v) is 8.37. The van der Waals surface area contributed by atoms with E-state index in [0.717, 1.165) is 24.2 Å². The number of thiazole rings is 1. The number of carbonyl (C=O) groups is 1. The maximum Gasteiger partial charge on any atom is 0.305 e. The van der Waals surface area contributed by atoms with Gasteiger partial charge in [0.2, 0.25) is 5.91 Å². The van der Waals surface area contributed by atoms with Gasteiger partial charge in [0.05, 0.1) is 0 Å². The predicted molar refractivity (Wildman–Crippen MR) is 91.6 cm³/mol. The summed E-state index contributed by atoms with van der Waals surface area (Å²) in [5, 5.41) is 0. The molecular formula is C15H23N3O4S2. The standard InChI is InChI=1S/C15H23N3O4S2/c1-11-14(23-15(20)16-11)24(21,22)18-8-6-17(7-9-18)13(19)10-12-4-2-3-5-12/h12H,2-10H2,1H3,(H,16,20). The topological polar surface area (TPSA) is 90.5 Å². The highest BCUT2D eigenvalue weighted by Gasteiger charge is 2.33. The molecular weight excluding hydrogens is 350 g/mol. The molecule has 1 aliphatic heterocycles. The SMILES string of the molecule is Cc1[nH]c(=O)sc1S(=O)(=O)N1CCN(C(=O)CC2CCCC2)CC1. The maximum absolute atomic E-state index is 12.7. The summed E-state index contributed by atoms with van der Waals surface area (Å²) in [6, 6.07) is 0. The van der Waals surface area contributed by atoms with Gasteiger partial charge < -0.3 is 9.88 Å². The lowest BCUT2D eigenvalue weighted by atomic mass is 10.0. The van der Waals surface area contributed by atoms with E-state index in [1.807, 2.05) is 0 Å². The number of aryl methyl sites for hydroxylation is 1. The molecule has 2 fully saturated rings. The third-order valence-electron chi connectivity index (χ3n) is 4.88. The van der Waals surface area contributed by atoms with Crippen molar-refractivity contribution in [1.82, 2.24) is 14.2 Å². The van der Waals surface area contributed by atoms with Crippen molar-refractivity contribution in [2.75, 3.05) is 26.2 Å². The second kappa shape index (κ2) is 6.97. The number of aromatic amines is 1. The molecule has 2 aliphatic rings. The van der Waals surface area contributed by atoms with Crippen LogP contribution in [0.5, 0.6) is 0 Å². The molecule has 134 valence electrons. The van der Waals surface area contributed by atoms with Crippen molar-refractivity contribution in [1.29, 1.82) is 0 Å². The van der Waals surface area contributed by atoms with Crippen molar-refractivity contribution in [3.8, 4) is 0 Å². The average molecular weight is 374 g/mol. The Balaban J connectivity index is 1.61. The summed E-state index contributed by atoms with van der Waals surface area (Å²) in [6.45, 7) is 2.99. The lowest BCUT2D eigenvalue weighted by Crippen LogP contribution is -2.50. The molecule has 0 radical (unpaired) electrons. The van der Waals surface area contributed by atoms with Crippen LogP contribution in [0.25, 0.3) is 0 Å². The van der Waals surface area contributed by atoms with Gasteiger partial charge in [0.25, 0.3) is 10.0 Å². The number of sulfonamides is 1. The van der Waals surface area contributed by atoms with Crippen LogP contribution in [-0.2, 0) is 14.8 Å². The Labute approximate surface area is 145 Å². The van der Waals surface area contributed by atoms with Crippen LogP contribution in [0.1, 0.15) is 37.8 Å². The van der Waals surface area contributed by atoms with E-state index in [1.54, 1.807) is 11.8 Å². The van der Waals surface area contributed by atoms with Crippen molar-refractivity contribution >= 4 is 27.3 Å². The summed E-state index contributed by atoms with van der Waals surface area (Å²) in [6.07, 6.45) is 5.27. The first-order valence-corrected chi connectivity index (χ1v) is 10.6. The number of piperazine rings is 1. The first-order valence-electron chi connectivity index (χ1n) is 8.35. The molecule has 0 spiro atoms. The second-order valence-corrected chi connectivity index (χ2v) is 9.68. The van der Waals surface area contributed by atoms with Crippen molar-refractivity contribution in [2.24, 2.45) is 5.92 Å². The van der Waals surface area contributed by atoms with Gasteiger partial charge in [0.1, 0.15) is 0 Å². The predicted octanol–water partition coefficient (Wildman–Crippen LogP) is 1.16. The number of carbonyl (C=O) groups excluding carboxylic acids is 1. The molecule has 1 aromatic heterocycles. The Morgan fingerprint density at radius 3 is 2.38 bits per heavy atom. The molecule has 1 saturated carbocycles. The van der Waals surface area contributed by atoms with E-state index < -0.39 is 10.0 Å². The van der Waals surface area contributed by atoms with Gasteiger partial charge in [-0.3, -0.25) is 9.59 Å². The summed E-state index contributed by atoms with van der Waals surface area (Å²) < 4.78 is 26.8. The zero-order valence-corrected chi connectivity index (χ0v) is 15.4. The Morgan fingerprint density at radius 1 is 1.21 bits per heavy atom. The minimum Gasteiger partial charge on any atom is -0.340 e. The molecule has 7 nitrogen and oxygen atoms in total. The van der Waals surface area contributed by atoms with Crippen molar-refractivity contribution in [3.05, 3.63) is 15.4 Å². The smallest absolute Gasteiger partial charge is 0.305 e. The van der Waals surface area contributed by atoms with Gasteiger partial charge in [-0.05, 0) is 25.7 Å². The normalized spacial score (nSPS) is 20.6. The molecule has 2 heterocycles. The van der Waals surface area contributed by atoms with Crippen LogP contribution in [0.2, 0.25) is 0 Å². The fraction of sp³-hybridized carbons (Fsp3) is 0.733. The summed E-state index contributed by atoms with van der Waals surface area (Å²) in [5.41, 5.74) is 0.379. The van der Waals surface area contributed by atoms with E-state index >= 15 is 0 Å². The van der Waals surface area contributed by atoms with Gasteiger partial charge >= 0.3 is 4.87 Å². The molecule has 1 aliphatic carbocycles. The van der Waals surface area contributed by atoms with Crippen LogP contribution in [0.4, 0.5) is 0 Å². The van der Waals surface area contributed by atoms with Crippen LogP contribution in [0.15, 0.2) is 9.00 Å². The second-order valence-electron chi connectivity index (χ2n) is 6.57. The molecule has 1 N–H and O–H groups in total. The first kappa shape index (κ1) is 17.6. The number of hydrogen-bond acceptors (Lipinski definition) is 5. The molecule has 1 amide bonds. The number of aromatic nitrogens is 1. The first-order chi connectivity index (χ1) is 11.4. The van der Waals surface area contributed by atoms with Crippen LogP contribution in [0.3, 0.4) is 0 Å². The number of nitrogens with one attached hydrogen (secondary N) is 1. The number of hydrogen-bond donors (Lipinski definition) is 1. The summed E-state index contributed by atoms with van der Waals surface area (Å²) in [4.78, 5) is 27.6. The van der Waals surface area contributed by atoms with E-state index in [-0.39, 0.29) is 28.1 Å². The van der Waals surface area contributed by atoms with E-state index in [4.69, 9.17) is 0 Å². The third kappa shape index (κ3) is 3.57. The van der Waals surface area contributed by atoms with Gasteiger partial charge in [0, 0.05) is 38.3 Å². The summed E-state index contributed by atoms with van der Waals surface area (Å²) in [5.74, 6) is 0.639. The van der Waals surface area contributed by atoms with E-state index in [1.165, 1.54) is 17.1 Å². The summed E-state index contributed by atoms with van der Waals surface area (Å²) in [7, 11) is -3.66. The molecule has 24 heavy (non-hydrogen) atoms. The quantitative estimate of drug-likeness (QED) is 0.857. The number of H-pyrrole nitrogens is 1. The van der Waals surface area contributed by atoms with Gasteiger partial charge in [-0.2, -0.15) is 4.31 Å². The largest absolute Gasteiger partial charge is 0.340 e. The zero-order chi connectivity index (χ0) is 17.3. The highest BCUT2D eigenvalue weighted by Crippen LogP contribution is 2.28. The Morgan fingerprint density at radius 2 is 1.83 bits per heavy atom. The minimum absolute atomic E-state index is 0.0817. The molecule has 1 saturated heterocycles. The highest BCUT2D eigenvalue weighted by molar-refractivity contribution is 7.91. The maximum atomic E-state index is 12.7. The van der Waals surface area contributed by atoms with E-state index in [0.29, 0.717) is 31.1 Å². The Kier molecular flexibility index (Phi) is 5.12. The van der Waals surface area contributed by atoms with Gasteiger partial charge in [-0.1, -0.05) is 24.2 Å². The van der Waals surface area contributed by atoms with Crippen molar-refractivity contribution in [2.45, 2.75) is 43.2 Å². The number of rotatable bonds is 4. The number of nitrogens with zero attached hydrogens (tertiary/aromatic N) is 2. The van der Waals surface area contributed by atoms with Crippen molar-refractivity contribution < 1.29 is 13.2 Å². The molecule has 0 bridgehead atoms. The lowest BCUT2D eigenvalue weighted by Gasteiger charge is -2.34. The van der Waals surface area contributed by atoms with E-state index in [2.05, 4.69) is 4.98 Å². The van der Waals surface area contributed by atoms with Gasteiger partial charge in [-0.25, -0.2) is 8.42 Å². The van der Waals surface area contributed by atoms with Crippen LogP contribution in [0, 0.1) is 12.8 Å². The zero-order valence-electron chi connectivity index (χ0n) is 13.8. The van der Waals surface area contributed by atoms with Gasteiger partial charge in [0.15, 0.2) is 4.21 Å². The minimum atomic E-state index is -3.66. The number of amides is 1. The summed E-state index contributed by atoms with van der Waals surface area (Å²) >= 11 is 0.722. The molecule has 1 aromatic rings. The van der Waals surface area contributed by atoms with Crippen LogP contribution >= 0.6 is 11.3 Å². The Hall–Kier alpha value is -1.19. The molecule has 3 rings (SSSR count). The molecule has 9 heteroatoms. The highest BCUT2D eigenvalue weighted by atomic mass is 32.2. The fourth-order valence-electron chi connectivity index (χ4n) is 3.52. The molecule has 0 atom stereocenters.